The van der Waals surface area contributed by atoms with Gasteiger partial charge < -0.3 is 10.4 Å². The van der Waals surface area contributed by atoms with E-state index in [9.17, 15) is 9.90 Å². The molecule has 0 aromatic heterocycles. The van der Waals surface area contributed by atoms with Crippen LogP contribution in [0.5, 0.6) is 0 Å². The molecule has 2 heterocycles. The molecule has 3 aliphatic rings. The van der Waals surface area contributed by atoms with Crippen LogP contribution in [0.2, 0.25) is 0 Å². The SMILES string of the molecule is O=C(C1CCCCC1)C(C1CCc2ccccc2N1)N1CCCCC1C(O)c1ccccc1. The molecule has 0 radical (unpaired) electrons. The number of anilines is 1. The summed E-state index contributed by atoms with van der Waals surface area (Å²) in [6.45, 7) is 0.886. The monoisotopic (exact) mass is 446 g/mol. The second kappa shape index (κ2) is 10.4. The van der Waals surface area contributed by atoms with Crippen molar-refractivity contribution in [2.45, 2.75) is 88.4 Å². The van der Waals surface area contributed by atoms with E-state index in [4.69, 9.17) is 0 Å². The minimum absolute atomic E-state index is 0.0161. The summed E-state index contributed by atoms with van der Waals surface area (Å²) in [6, 6.07) is 18.4. The third-order valence-corrected chi connectivity index (χ3v) is 8.22. The van der Waals surface area contributed by atoms with E-state index in [1.807, 2.05) is 30.3 Å². The Bertz CT molecular complexity index is 924. The first-order valence-corrected chi connectivity index (χ1v) is 13.1. The fourth-order valence-electron chi connectivity index (χ4n) is 6.46. The Morgan fingerprint density at radius 3 is 2.42 bits per heavy atom. The van der Waals surface area contributed by atoms with Crippen molar-refractivity contribution in [3.05, 3.63) is 65.7 Å². The average molecular weight is 447 g/mol. The van der Waals surface area contributed by atoms with E-state index in [1.54, 1.807) is 0 Å². The van der Waals surface area contributed by atoms with Gasteiger partial charge in [-0.05, 0) is 62.3 Å². The van der Waals surface area contributed by atoms with Crippen LogP contribution in [0, 0.1) is 5.92 Å². The van der Waals surface area contributed by atoms with Gasteiger partial charge in [0, 0.05) is 23.7 Å². The topological polar surface area (TPSA) is 52.6 Å². The molecule has 33 heavy (non-hydrogen) atoms. The predicted molar refractivity (Wildman–Crippen MR) is 133 cm³/mol. The second-order valence-corrected chi connectivity index (χ2v) is 10.3. The number of aliphatic hydroxyl groups is 1. The molecule has 0 spiro atoms. The number of para-hydroxylation sites is 1. The maximum atomic E-state index is 14.2. The number of aliphatic hydroxyl groups excluding tert-OH is 1. The standard InChI is InChI=1S/C29H38N2O2/c32-28(22-12-3-1-4-13-22)26-17-9-10-20-31(26)27(29(33)23-14-5-2-6-15-23)25-19-18-21-11-7-8-16-24(21)30-25/h1,3-4,7-8,11-13,16,23,25-28,30,32H,2,5-6,9-10,14-15,17-20H2. The number of hydrogen-bond acceptors (Lipinski definition) is 4. The summed E-state index contributed by atoms with van der Waals surface area (Å²) in [7, 11) is 0. The third kappa shape index (κ3) is 4.88. The summed E-state index contributed by atoms with van der Waals surface area (Å²) in [4.78, 5) is 16.6. The summed E-state index contributed by atoms with van der Waals surface area (Å²) in [5, 5.41) is 15.2. The number of ketones is 1. The summed E-state index contributed by atoms with van der Waals surface area (Å²) >= 11 is 0. The van der Waals surface area contributed by atoms with Crippen LogP contribution >= 0.6 is 0 Å². The zero-order chi connectivity index (χ0) is 22.6. The molecule has 2 fully saturated rings. The number of benzene rings is 2. The number of nitrogens with one attached hydrogen (secondary N) is 1. The molecule has 4 nitrogen and oxygen atoms in total. The van der Waals surface area contributed by atoms with Crippen molar-refractivity contribution < 1.29 is 9.90 Å². The highest BCUT2D eigenvalue weighted by Crippen LogP contribution is 2.37. The molecule has 4 heteroatoms. The first-order valence-electron chi connectivity index (χ1n) is 13.1. The molecule has 1 saturated carbocycles. The zero-order valence-electron chi connectivity index (χ0n) is 19.7. The Morgan fingerprint density at radius 2 is 1.61 bits per heavy atom. The molecule has 0 amide bonds. The fraction of sp³-hybridized carbons (Fsp3) is 0.552. The van der Waals surface area contributed by atoms with Crippen molar-refractivity contribution in [1.82, 2.24) is 4.90 Å². The normalized spacial score (nSPS) is 26.1. The van der Waals surface area contributed by atoms with Gasteiger partial charge in [-0.2, -0.15) is 0 Å². The Hall–Kier alpha value is -2.17. The lowest BCUT2D eigenvalue weighted by Gasteiger charge is -2.47. The van der Waals surface area contributed by atoms with Crippen LogP contribution < -0.4 is 5.32 Å². The molecule has 4 atom stereocenters. The molecule has 2 aromatic rings. The first kappa shape index (κ1) is 22.6. The van der Waals surface area contributed by atoms with E-state index in [0.29, 0.717) is 5.78 Å². The zero-order valence-corrected chi connectivity index (χ0v) is 19.7. The quantitative estimate of drug-likeness (QED) is 0.613. The van der Waals surface area contributed by atoms with E-state index < -0.39 is 6.10 Å². The first-order chi connectivity index (χ1) is 16.2. The number of nitrogens with zero attached hydrogens (tertiary/aromatic N) is 1. The molecular weight excluding hydrogens is 408 g/mol. The van der Waals surface area contributed by atoms with Crippen LogP contribution in [0.15, 0.2) is 54.6 Å². The molecular formula is C29H38N2O2. The lowest BCUT2D eigenvalue weighted by Crippen LogP contribution is -2.60. The molecule has 4 unspecified atom stereocenters. The Morgan fingerprint density at radius 1 is 0.879 bits per heavy atom. The number of hydrogen-bond donors (Lipinski definition) is 2. The van der Waals surface area contributed by atoms with Crippen LogP contribution in [-0.2, 0) is 11.2 Å². The van der Waals surface area contributed by atoms with Gasteiger partial charge in [0.1, 0.15) is 0 Å². The van der Waals surface area contributed by atoms with Crippen molar-refractivity contribution in [2.75, 3.05) is 11.9 Å². The molecule has 2 aromatic carbocycles. The number of fused-ring (bicyclic) bond motifs is 1. The number of likely N-dealkylation sites (tertiary alicyclic amines) is 1. The van der Waals surface area contributed by atoms with Gasteiger partial charge in [0.2, 0.25) is 0 Å². The van der Waals surface area contributed by atoms with Gasteiger partial charge in [0.25, 0.3) is 0 Å². The average Bonchev–Trinajstić information content (AvgIpc) is 2.89. The molecule has 0 bridgehead atoms. The van der Waals surface area contributed by atoms with Crippen molar-refractivity contribution in [3.63, 3.8) is 0 Å². The van der Waals surface area contributed by atoms with Crippen LogP contribution in [0.25, 0.3) is 0 Å². The van der Waals surface area contributed by atoms with Crippen molar-refractivity contribution in [3.8, 4) is 0 Å². The molecule has 2 aliphatic heterocycles. The minimum atomic E-state index is -0.566. The smallest absolute Gasteiger partial charge is 0.155 e. The largest absolute Gasteiger partial charge is 0.387 e. The molecule has 5 rings (SSSR count). The van der Waals surface area contributed by atoms with Gasteiger partial charge in [-0.1, -0.05) is 74.2 Å². The van der Waals surface area contributed by atoms with Crippen molar-refractivity contribution in [1.29, 1.82) is 0 Å². The van der Waals surface area contributed by atoms with E-state index in [2.05, 4.69) is 34.5 Å². The van der Waals surface area contributed by atoms with E-state index in [-0.39, 0.29) is 24.0 Å². The highest BCUT2D eigenvalue weighted by Gasteiger charge is 2.43. The highest BCUT2D eigenvalue weighted by atomic mass is 16.3. The second-order valence-electron chi connectivity index (χ2n) is 10.3. The number of rotatable bonds is 6. The number of carbonyl (C=O) groups is 1. The van der Waals surface area contributed by atoms with Crippen LogP contribution in [0.3, 0.4) is 0 Å². The van der Waals surface area contributed by atoms with Crippen molar-refractivity contribution >= 4 is 11.5 Å². The summed E-state index contributed by atoms with van der Waals surface area (Å²) < 4.78 is 0. The number of aryl methyl sites for hydroxylation is 1. The van der Waals surface area contributed by atoms with Crippen molar-refractivity contribution in [2.24, 2.45) is 5.92 Å². The Balaban J connectivity index is 1.46. The van der Waals surface area contributed by atoms with Crippen LogP contribution in [-0.4, -0.2) is 40.5 Å². The Kier molecular flexibility index (Phi) is 7.13. The van der Waals surface area contributed by atoms with Crippen LogP contribution in [0.1, 0.15) is 75.0 Å². The van der Waals surface area contributed by atoms with Gasteiger partial charge in [0.05, 0.1) is 12.1 Å². The lowest BCUT2D eigenvalue weighted by atomic mass is 9.78. The van der Waals surface area contributed by atoms with Gasteiger partial charge >= 0.3 is 0 Å². The molecule has 176 valence electrons. The van der Waals surface area contributed by atoms with E-state index in [1.165, 1.54) is 30.5 Å². The minimum Gasteiger partial charge on any atom is -0.387 e. The summed E-state index contributed by atoms with van der Waals surface area (Å²) in [5.41, 5.74) is 3.48. The molecule has 1 aliphatic carbocycles. The summed E-state index contributed by atoms with van der Waals surface area (Å²) in [5.74, 6) is 0.581. The molecule has 1 saturated heterocycles. The highest BCUT2D eigenvalue weighted by molar-refractivity contribution is 5.88. The lowest BCUT2D eigenvalue weighted by molar-refractivity contribution is -0.133. The van der Waals surface area contributed by atoms with Crippen LogP contribution in [0.4, 0.5) is 5.69 Å². The van der Waals surface area contributed by atoms with E-state index >= 15 is 0 Å². The maximum Gasteiger partial charge on any atom is 0.155 e. The maximum absolute atomic E-state index is 14.2. The van der Waals surface area contributed by atoms with Gasteiger partial charge in [-0.3, -0.25) is 9.69 Å². The van der Waals surface area contributed by atoms with Gasteiger partial charge in [-0.15, -0.1) is 0 Å². The fourth-order valence-corrected chi connectivity index (χ4v) is 6.46. The third-order valence-electron chi connectivity index (χ3n) is 8.22. The number of Topliss-reactive ketones (excluding diaryl/α,β-unsaturated/α-hetero) is 1. The van der Waals surface area contributed by atoms with Gasteiger partial charge in [-0.25, -0.2) is 0 Å². The predicted octanol–water partition coefficient (Wildman–Crippen LogP) is 5.52. The molecule has 2 N–H and O–H groups in total. The Labute approximate surface area is 198 Å². The summed E-state index contributed by atoms with van der Waals surface area (Å²) in [6.07, 6.45) is 10.2. The number of carbonyl (C=O) groups excluding carboxylic acids is 1. The number of piperidine rings is 1. The van der Waals surface area contributed by atoms with E-state index in [0.717, 1.165) is 57.1 Å². The van der Waals surface area contributed by atoms with Gasteiger partial charge in [0.15, 0.2) is 5.78 Å².